The van der Waals surface area contributed by atoms with Crippen LogP contribution in [0.2, 0.25) is 0 Å². The Labute approximate surface area is 490 Å². The number of imide groups is 1. The van der Waals surface area contributed by atoms with E-state index in [0.29, 0.717) is 71.8 Å². The molecule has 7 amide bonds. The van der Waals surface area contributed by atoms with Gasteiger partial charge in [0.1, 0.15) is 24.1 Å². The molecule has 3 aliphatic carbocycles. The Morgan fingerprint density at radius 1 is 0.768 bits per heavy atom. The quantitative estimate of drug-likeness (QED) is 0.0169. The minimum Gasteiger partial charge on any atom is -0.480 e. The van der Waals surface area contributed by atoms with Crippen molar-refractivity contribution in [2.45, 2.75) is 81.4 Å². The van der Waals surface area contributed by atoms with E-state index in [1.54, 1.807) is 47.9 Å². The third-order valence-corrected chi connectivity index (χ3v) is 20.4. The number of carboxylic acid groups (broad SMARTS) is 1. The van der Waals surface area contributed by atoms with Crippen molar-refractivity contribution in [3.8, 4) is 11.5 Å². The summed E-state index contributed by atoms with van der Waals surface area (Å²) < 4.78 is 27.7. The Balaban J connectivity index is 0.763. The lowest BCUT2D eigenvalue weighted by molar-refractivity contribution is -0.205. The average Bonchev–Trinajstić information content (AvgIpc) is 2.12. The van der Waals surface area contributed by atoms with Gasteiger partial charge in [-0.15, -0.1) is 23.2 Å². The fourth-order valence-electron chi connectivity index (χ4n) is 11.9. The first-order valence-electron chi connectivity index (χ1n) is 26.7. The Bertz CT molecular complexity index is 3310. The van der Waals surface area contributed by atoms with Gasteiger partial charge in [-0.05, 0) is 67.9 Å². The molecule has 438 valence electrons. The SMILES string of the molecule is CN(CCN(C)C(=O)Oc1cc2c(c3ccccc13)[C@H](CCl)CN2C(=O)C12CC(C(=O)N3C[C@@H](CCl)c4c3cc(OP(=O)(O)O)c3ccccc43)(C1)C2)C(=O)OCCSSC(C)(C)C(NC(=O)CCCCCN1C(=O)C=CC1=O)C(=O)O. The minimum atomic E-state index is -4.97. The molecule has 4 aromatic rings. The molecule has 0 radical (unpaired) electrons. The minimum absolute atomic E-state index is 0.0111. The van der Waals surface area contributed by atoms with E-state index in [9.17, 15) is 57.8 Å². The van der Waals surface area contributed by atoms with E-state index in [0.717, 1.165) is 21.4 Å². The first-order chi connectivity index (χ1) is 38.9. The number of ether oxygens (including phenoxy) is 2. The highest BCUT2D eigenvalue weighted by molar-refractivity contribution is 8.77. The van der Waals surface area contributed by atoms with Gasteiger partial charge < -0.3 is 44.0 Å². The normalized spacial score (nSPS) is 21.0. The molecule has 2 bridgehead atoms. The first-order valence-corrected chi connectivity index (χ1v) is 31.6. The van der Waals surface area contributed by atoms with Crippen LogP contribution in [-0.4, -0.2) is 159 Å². The van der Waals surface area contributed by atoms with Crippen molar-refractivity contribution in [3.63, 3.8) is 0 Å². The fraction of sp³-hybridized carbons (Fsp3) is 0.464. The van der Waals surface area contributed by atoms with Gasteiger partial charge in [-0.1, -0.05) is 76.5 Å². The number of unbranched alkanes of at least 4 members (excludes halogenated alkanes) is 2. The van der Waals surface area contributed by atoms with Gasteiger partial charge in [-0.3, -0.25) is 38.7 Å². The molecule has 21 nitrogen and oxygen atoms in total. The lowest BCUT2D eigenvalue weighted by atomic mass is 9.34. The van der Waals surface area contributed by atoms with Crippen LogP contribution in [0.4, 0.5) is 21.0 Å². The maximum Gasteiger partial charge on any atom is 0.524 e. The summed E-state index contributed by atoms with van der Waals surface area (Å²) in [7, 11) is 0.574. The number of likely N-dealkylation sites (N-methyl/N-ethyl adjacent to an activating group) is 2. The summed E-state index contributed by atoms with van der Waals surface area (Å²) >= 11 is 13.1. The van der Waals surface area contributed by atoms with Gasteiger partial charge in [0.05, 0.1) is 27.0 Å². The van der Waals surface area contributed by atoms with E-state index in [2.05, 4.69) is 5.32 Å². The van der Waals surface area contributed by atoms with E-state index in [-0.39, 0.29) is 104 Å². The van der Waals surface area contributed by atoms with Crippen molar-refractivity contribution in [1.82, 2.24) is 20.0 Å². The molecule has 0 saturated heterocycles. The number of halogens is 2. The van der Waals surface area contributed by atoms with E-state index >= 15 is 0 Å². The van der Waals surface area contributed by atoms with Crippen LogP contribution < -0.4 is 24.4 Å². The Hall–Kier alpha value is -6.07. The second kappa shape index (κ2) is 24.3. The fourth-order valence-corrected chi connectivity index (χ4v) is 15.2. The highest BCUT2D eigenvalue weighted by Crippen LogP contribution is 2.75. The maximum absolute atomic E-state index is 14.8. The summed E-state index contributed by atoms with van der Waals surface area (Å²) in [6.07, 6.45) is 3.51. The molecule has 3 fully saturated rings. The van der Waals surface area contributed by atoms with Crippen LogP contribution in [0, 0.1) is 10.8 Å². The van der Waals surface area contributed by atoms with Gasteiger partial charge in [-0.2, -0.15) is 0 Å². The first kappa shape index (κ1) is 60.5. The molecule has 0 spiro atoms. The van der Waals surface area contributed by atoms with Gasteiger partial charge in [-0.25, -0.2) is 18.9 Å². The molecule has 0 aromatic heterocycles. The van der Waals surface area contributed by atoms with Crippen molar-refractivity contribution in [2.75, 3.05) is 80.7 Å². The number of aliphatic carboxylic acids is 1. The number of hydrogen-bond acceptors (Lipinski definition) is 14. The summed E-state index contributed by atoms with van der Waals surface area (Å²) in [4.78, 5) is 131. The van der Waals surface area contributed by atoms with Crippen molar-refractivity contribution < 1.29 is 71.8 Å². The monoisotopic (exact) mass is 1220 g/mol. The standard InChI is InChI=1S/C56H63Cl2N6O15PS2/c1-54(2,48(49(68)69)59-43(65)16-6-5-11-19-62-44(66)17-18-45(62)67)82-81-23-22-77-52(72)60(3)20-21-61(4)53(73)78-41-24-39-46(37-14-9-7-12-35(37)41)33(26-57)28-63(39)50(70)55-30-56(31-55,32-55)51(71)64-29-34(27-58)47-38-15-10-8-13-36(38)42(25-40(47)64)79-80(74,75)76/h7-10,12-15,17-18,24-25,33-34,48H,5-6,11,16,19-23,26-32H2,1-4H3,(H,59,65)(H,68,69)(H2,74,75,76)/t33-,34-,48?,55?,56?/m1/s1. The molecule has 3 saturated carbocycles. The van der Waals surface area contributed by atoms with Crippen LogP contribution >= 0.6 is 52.6 Å². The zero-order valence-corrected chi connectivity index (χ0v) is 49.5. The van der Waals surface area contributed by atoms with Gasteiger partial charge in [0, 0.05) is 118 Å². The summed E-state index contributed by atoms with van der Waals surface area (Å²) in [5, 5.41) is 15.1. The molecular weight excluding hydrogens is 1160 g/mol. The average molecular weight is 1230 g/mol. The smallest absolute Gasteiger partial charge is 0.480 e. The number of nitrogens with zero attached hydrogens (tertiary/aromatic N) is 5. The van der Waals surface area contributed by atoms with Crippen LogP contribution in [0.5, 0.6) is 11.5 Å². The van der Waals surface area contributed by atoms with E-state index in [4.69, 9.17) is 37.2 Å². The van der Waals surface area contributed by atoms with Crippen molar-refractivity contribution in [3.05, 3.63) is 83.9 Å². The second-order valence-electron chi connectivity index (χ2n) is 22.1. The van der Waals surface area contributed by atoms with Gasteiger partial charge in [0.2, 0.25) is 17.7 Å². The van der Waals surface area contributed by atoms with Crippen molar-refractivity contribution in [2.24, 2.45) is 10.8 Å². The molecular formula is C56H63Cl2N6O15PS2. The molecule has 4 N–H and O–H groups in total. The molecule has 6 aliphatic rings. The highest BCUT2D eigenvalue weighted by atomic mass is 35.5. The molecule has 1 unspecified atom stereocenters. The summed E-state index contributed by atoms with van der Waals surface area (Å²) in [6.45, 7) is 4.26. The largest absolute Gasteiger partial charge is 0.524 e. The van der Waals surface area contributed by atoms with Crippen LogP contribution in [0.1, 0.15) is 81.8 Å². The number of benzene rings is 4. The summed E-state index contributed by atoms with van der Waals surface area (Å²) in [6, 6.07) is 16.4. The van der Waals surface area contributed by atoms with Crippen molar-refractivity contribution >= 4 is 133 Å². The molecule has 3 aliphatic heterocycles. The number of alkyl halides is 2. The maximum atomic E-state index is 14.8. The molecule has 4 aromatic carbocycles. The number of carbonyl (C=O) groups excluding carboxylic acids is 7. The number of nitrogens with one attached hydrogen (secondary N) is 1. The Kier molecular flexibility index (Phi) is 17.9. The number of carbonyl (C=O) groups is 8. The van der Waals surface area contributed by atoms with Crippen LogP contribution in [0.3, 0.4) is 0 Å². The zero-order chi connectivity index (χ0) is 59.1. The summed E-state index contributed by atoms with van der Waals surface area (Å²) in [5.74, 6) is -2.41. The number of hydrogen-bond donors (Lipinski definition) is 4. The van der Waals surface area contributed by atoms with Gasteiger partial charge in [0.25, 0.3) is 11.8 Å². The van der Waals surface area contributed by atoms with Crippen LogP contribution in [0.15, 0.2) is 72.8 Å². The molecule has 26 heteroatoms. The highest BCUT2D eigenvalue weighted by Gasteiger charge is 2.76. The Morgan fingerprint density at radius 3 is 1.78 bits per heavy atom. The third kappa shape index (κ3) is 12.1. The number of anilines is 2. The zero-order valence-electron chi connectivity index (χ0n) is 45.5. The lowest BCUT2D eigenvalue weighted by Gasteiger charge is -2.69. The number of carboxylic acids is 1. The molecule has 3 atom stereocenters. The molecule has 3 heterocycles. The van der Waals surface area contributed by atoms with Gasteiger partial charge in [0.15, 0.2) is 0 Å². The predicted molar refractivity (Wildman–Crippen MR) is 312 cm³/mol. The molecule has 82 heavy (non-hydrogen) atoms. The molecule has 10 rings (SSSR count). The van der Waals surface area contributed by atoms with E-state index in [1.165, 1.54) is 63.7 Å². The number of rotatable bonds is 24. The van der Waals surface area contributed by atoms with Crippen LogP contribution in [0.25, 0.3) is 21.5 Å². The van der Waals surface area contributed by atoms with E-state index < -0.39 is 53.5 Å². The van der Waals surface area contributed by atoms with Crippen LogP contribution in [-0.2, 0) is 38.1 Å². The number of amides is 7. The van der Waals surface area contributed by atoms with Gasteiger partial charge >= 0.3 is 26.0 Å². The number of phosphoric ester groups is 1. The predicted octanol–water partition coefficient (Wildman–Crippen LogP) is 8.39. The lowest BCUT2D eigenvalue weighted by Crippen LogP contribution is -2.73. The number of phosphoric acid groups is 1. The van der Waals surface area contributed by atoms with E-state index in [1.807, 2.05) is 30.3 Å². The summed E-state index contributed by atoms with van der Waals surface area (Å²) in [5.41, 5.74) is 0.975. The second-order valence-corrected chi connectivity index (χ2v) is 26.9. The van der Waals surface area contributed by atoms with Crippen molar-refractivity contribution in [1.29, 1.82) is 0 Å². The third-order valence-electron chi connectivity index (χ3n) is 16.0. The Morgan fingerprint density at radius 2 is 1.27 bits per heavy atom. The number of fused-ring (bicyclic) bond motifs is 6. The topological polar surface area (TPSA) is 270 Å².